The average molecular weight is 364 g/mol. The van der Waals surface area contributed by atoms with Crippen LogP contribution in [0.3, 0.4) is 0 Å². The lowest BCUT2D eigenvalue weighted by Crippen LogP contribution is -2.46. The van der Waals surface area contributed by atoms with Gasteiger partial charge in [-0.15, -0.1) is 0 Å². The molecule has 1 heterocycles. The van der Waals surface area contributed by atoms with E-state index in [-0.39, 0.29) is 29.5 Å². The number of hydrogen-bond acceptors (Lipinski definition) is 2. The van der Waals surface area contributed by atoms with Gasteiger partial charge in [0.15, 0.2) is 5.96 Å². The highest BCUT2D eigenvalue weighted by Gasteiger charge is 2.42. The van der Waals surface area contributed by atoms with Crippen molar-refractivity contribution >= 4 is 11.9 Å². The van der Waals surface area contributed by atoms with Gasteiger partial charge in [0.05, 0.1) is 0 Å². The van der Waals surface area contributed by atoms with Crippen molar-refractivity contribution in [3.05, 3.63) is 35.4 Å². The second-order valence-electron chi connectivity index (χ2n) is 6.87. The normalized spacial score (nSPS) is 25.3. The lowest BCUT2D eigenvalue weighted by molar-refractivity contribution is -0.129. The van der Waals surface area contributed by atoms with Crippen LogP contribution in [0.5, 0.6) is 0 Å². The minimum absolute atomic E-state index is 0.0334. The van der Waals surface area contributed by atoms with E-state index in [1.165, 1.54) is 18.2 Å². The van der Waals surface area contributed by atoms with E-state index in [1.807, 2.05) is 18.7 Å². The smallest absolute Gasteiger partial charge is 0.222 e. The molecular formula is C19H26F2N4O. The molecule has 3 rings (SSSR count). The van der Waals surface area contributed by atoms with Crippen molar-refractivity contribution in [2.45, 2.75) is 51.1 Å². The molecule has 1 aromatic carbocycles. The monoisotopic (exact) mass is 364 g/mol. The number of carbonyl (C=O) groups excluding carboxylic acids is 1. The van der Waals surface area contributed by atoms with Crippen molar-refractivity contribution < 1.29 is 13.6 Å². The topological polar surface area (TPSA) is 56.7 Å². The van der Waals surface area contributed by atoms with Crippen LogP contribution >= 0.6 is 0 Å². The highest BCUT2D eigenvalue weighted by molar-refractivity contribution is 5.81. The van der Waals surface area contributed by atoms with Crippen LogP contribution < -0.4 is 10.6 Å². The van der Waals surface area contributed by atoms with E-state index >= 15 is 0 Å². The van der Waals surface area contributed by atoms with Gasteiger partial charge in [0.2, 0.25) is 5.91 Å². The number of guanidine groups is 1. The van der Waals surface area contributed by atoms with Gasteiger partial charge in [-0.05, 0) is 31.9 Å². The molecule has 1 aliphatic heterocycles. The van der Waals surface area contributed by atoms with Gasteiger partial charge in [-0.1, -0.05) is 13.0 Å². The number of amides is 1. The highest BCUT2D eigenvalue weighted by Crippen LogP contribution is 2.43. The fourth-order valence-electron chi connectivity index (χ4n) is 3.53. The molecule has 7 heteroatoms. The lowest BCUT2D eigenvalue weighted by atomic mass is 10.1. The summed E-state index contributed by atoms with van der Waals surface area (Å²) < 4.78 is 27.9. The minimum atomic E-state index is -0.495. The molecule has 26 heavy (non-hydrogen) atoms. The predicted molar refractivity (Wildman–Crippen MR) is 97.0 cm³/mol. The second kappa shape index (κ2) is 8.01. The summed E-state index contributed by atoms with van der Waals surface area (Å²) in [6, 6.07) is 4.09. The van der Waals surface area contributed by atoms with Crippen molar-refractivity contribution in [2.75, 3.05) is 19.6 Å². The van der Waals surface area contributed by atoms with Crippen molar-refractivity contribution in [3.63, 3.8) is 0 Å². The molecule has 0 aromatic heterocycles. The molecule has 3 unspecified atom stereocenters. The molecule has 142 valence electrons. The Morgan fingerprint density at radius 2 is 2.00 bits per heavy atom. The first-order valence-corrected chi connectivity index (χ1v) is 9.32. The van der Waals surface area contributed by atoms with Crippen LogP contribution in [0, 0.1) is 11.6 Å². The summed E-state index contributed by atoms with van der Waals surface area (Å²) in [5.74, 6) is -0.362. The van der Waals surface area contributed by atoms with E-state index < -0.39 is 11.6 Å². The molecule has 1 amide bonds. The number of benzene rings is 1. The summed E-state index contributed by atoms with van der Waals surface area (Å²) in [6.07, 6.45) is 2.05. The molecule has 2 N–H and O–H groups in total. The quantitative estimate of drug-likeness (QED) is 0.623. The predicted octanol–water partition coefficient (Wildman–Crippen LogP) is 2.39. The fourth-order valence-corrected chi connectivity index (χ4v) is 3.53. The second-order valence-corrected chi connectivity index (χ2v) is 6.87. The number of halogens is 2. The van der Waals surface area contributed by atoms with Crippen molar-refractivity contribution in [2.24, 2.45) is 4.99 Å². The Labute approximate surface area is 152 Å². The molecular weight excluding hydrogens is 338 g/mol. The third-order valence-electron chi connectivity index (χ3n) is 4.98. The van der Waals surface area contributed by atoms with Crippen LogP contribution in [0.15, 0.2) is 23.2 Å². The van der Waals surface area contributed by atoms with E-state index in [0.29, 0.717) is 31.9 Å². The third-order valence-corrected chi connectivity index (χ3v) is 4.98. The van der Waals surface area contributed by atoms with E-state index in [0.717, 1.165) is 13.0 Å². The summed E-state index contributed by atoms with van der Waals surface area (Å²) in [4.78, 5) is 18.1. The van der Waals surface area contributed by atoms with Gasteiger partial charge in [0, 0.05) is 49.6 Å². The average Bonchev–Trinajstić information content (AvgIpc) is 3.18. The molecule has 0 spiro atoms. The molecule has 1 saturated carbocycles. The molecule has 3 atom stereocenters. The van der Waals surface area contributed by atoms with Crippen LogP contribution in [0.4, 0.5) is 8.78 Å². The zero-order valence-electron chi connectivity index (χ0n) is 15.3. The Kier molecular flexibility index (Phi) is 5.74. The zero-order valence-corrected chi connectivity index (χ0v) is 15.3. The number of hydrogen-bond donors (Lipinski definition) is 2. The van der Waals surface area contributed by atoms with E-state index in [4.69, 9.17) is 0 Å². The Hall–Kier alpha value is -2.18. The summed E-state index contributed by atoms with van der Waals surface area (Å²) in [5.41, 5.74) is 0.154. The van der Waals surface area contributed by atoms with Gasteiger partial charge < -0.3 is 15.5 Å². The summed E-state index contributed by atoms with van der Waals surface area (Å²) in [7, 11) is 0. The molecule has 2 fully saturated rings. The summed E-state index contributed by atoms with van der Waals surface area (Å²) in [6.45, 7) is 5.81. The SMILES string of the molecule is CCN=C(NC1CCN(C(=O)CC)C1)NC1CC1c1c(F)cccc1F. The first-order valence-electron chi connectivity index (χ1n) is 9.32. The third kappa shape index (κ3) is 4.14. The summed E-state index contributed by atoms with van der Waals surface area (Å²) in [5, 5.41) is 6.64. The van der Waals surface area contributed by atoms with Crippen molar-refractivity contribution in [1.82, 2.24) is 15.5 Å². The molecule has 0 bridgehead atoms. The number of aliphatic imine (C=N–C) groups is 1. The minimum Gasteiger partial charge on any atom is -0.353 e. The first kappa shape index (κ1) is 18.6. The number of rotatable bonds is 5. The van der Waals surface area contributed by atoms with Gasteiger partial charge in [-0.3, -0.25) is 9.79 Å². The van der Waals surface area contributed by atoms with E-state index in [2.05, 4.69) is 15.6 Å². The Balaban J connectivity index is 1.58. The summed E-state index contributed by atoms with van der Waals surface area (Å²) >= 11 is 0. The van der Waals surface area contributed by atoms with Crippen LogP contribution in [-0.2, 0) is 4.79 Å². The van der Waals surface area contributed by atoms with Crippen molar-refractivity contribution in [1.29, 1.82) is 0 Å². The molecule has 1 aromatic rings. The van der Waals surface area contributed by atoms with Gasteiger partial charge in [-0.25, -0.2) is 8.78 Å². The molecule has 1 aliphatic carbocycles. The number of nitrogens with one attached hydrogen (secondary N) is 2. The van der Waals surface area contributed by atoms with Crippen LogP contribution in [0.1, 0.15) is 44.6 Å². The number of nitrogens with zero attached hydrogens (tertiary/aromatic N) is 2. The lowest BCUT2D eigenvalue weighted by Gasteiger charge is -2.19. The Morgan fingerprint density at radius 1 is 1.27 bits per heavy atom. The maximum absolute atomic E-state index is 13.9. The van der Waals surface area contributed by atoms with E-state index in [9.17, 15) is 13.6 Å². The van der Waals surface area contributed by atoms with Gasteiger partial charge >= 0.3 is 0 Å². The zero-order chi connectivity index (χ0) is 18.7. The van der Waals surface area contributed by atoms with E-state index in [1.54, 1.807) is 0 Å². The number of carbonyl (C=O) groups is 1. The Bertz CT molecular complexity index is 674. The molecule has 0 radical (unpaired) electrons. The number of likely N-dealkylation sites (tertiary alicyclic amines) is 1. The maximum Gasteiger partial charge on any atom is 0.222 e. The molecule has 2 aliphatic rings. The van der Waals surface area contributed by atoms with Crippen LogP contribution in [-0.4, -0.2) is 48.5 Å². The van der Waals surface area contributed by atoms with Gasteiger partial charge in [-0.2, -0.15) is 0 Å². The van der Waals surface area contributed by atoms with Gasteiger partial charge in [0.25, 0.3) is 0 Å². The molecule has 5 nitrogen and oxygen atoms in total. The van der Waals surface area contributed by atoms with Gasteiger partial charge in [0.1, 0.15) is 11.6 Å². The molecule has 1 saturated heterocycles. The fraction of sp³-hybridized carbons (Fsp3) is 0.579. The van der Waals surface area contributed by atoms with Crippen molar-refractivity contribution in [3.8, 4) is 0 Å². The maximum atomic E-state index is 13.9. The van der Waals surface area contributed by atoms with Crippen LogP contribution in [0.2, 0.25) is 0 Å². The highest BCUT2D eigenvalue weighted by atomic mass is 19.1. The van der Waals surface area contributed by atoms with Crippen LogP contribution in [0.25, 0.3) is 0 Å². The standard InChI is InChI=1S/C19H26F2N4O/c1-3-17(26)25-9-8-12(11-25)23-19(22-4-2)24-16-10-13(16)18-14(20)6-5-7-15(18)21/h5-7,12-13,16H,3-4,8-11H2,1-2H3,(H2,22,23,24). The Morgan fingerprint density at radius 3 is 2.65 bits per heavy atom. The largest absolute Gasteiger partial charge is 0.353 e. The first-order chi connectivity index (χ1) is 12.5.